The second-order valence-corrected chi connectivity index (χ2v) is 2.40. The molecule has 0 heterocycles. The molecule has 0 aliphatic heterocycles. The molecule has 66 valence electrons. The van der Waals surface area contributed by atoms with E-state index in [2.05, 4.69) is 10.9 Å². The SMILES string of the molecule is C#CCCN=C(CC#N)CCC#N. The minimum absolute atomic E-state index is 0.298. The Kier molecular flexibility index (Phi) is 7.16. The molecule has 3 nitrogen and oxygen atoms in total. The number of terminal acetylenes is 1. The van der Waals surface area contributed by atoms with E-state index in [1.165, 1.54) is 0 Å². The first-order chi connectivity index (χ1) is 6.35. The van der Waals surface area contributed by atoms with Crippen LogP contribution in [-0.4, -0.2) is 12.3 Å². The minimum Gasteiger partial charge on any atom is -0.292 e. The van der Waals surface area contributed by atoms with Crippen molar-refractivity contribution in [2.75, 3.05) is 6.54 Å². The van der Waals surface area contributed by atoms with Crippen LogP contribution >= 0.6 is 0 Å². The third-order valence-corrected chi connectivity index (χ3v) is 1.40. The number of aliphatic imine (C=N–C) groups is 1. The van der Waals surface area contributed by atoms with Gasteiger partial charge in [-0.2, -0.15) is 10.5 Å². The van der Waals surface area contributed by atoms with Crippen molar-refractivity contribution in [3.63, 3.8) is 0 Å². The van der Waals surface area contributed by atoms with Gasteiger partial charge in [0.15, 0.2) is 0 Å². The molecule has 0 aromatic heterocycles. The standard InChI is InChI=1S/C10H11N3/c1-2-3-9-13-10(6-8-12)5-4-7-11/h1H,3-6,9H2. The Hall–Kier alpha value is -1.79. The molecule has 0 unspecified atom stereocenters. The van der Waals surface area contributed by atoms with Crippen LogP contribution < -0.4 is 0 Å². The van der Waals surface area contributed by atoms with Gasteiger partial charge >= 0.3 is 0 Å². The Morgan fingerprint density at radius 2 is 2.00 bits per heavy atom. The predicted octanol–water partition coefficient (Wildman–Crippen LogP) is 1.67. The Balaban J connectivity index is 3.95. The normalized spacial score (nSPS) is 9.77. The first-order valence-corrected chi connectivity index (χ1v) is 4.04. The Labute approximate surface area is 78.7 Å². The lowest BCUT2D eigenvalue weighted by atomic mass is 10.2. The summed E-state index contributed by atoms with van der Waals surface area (Å²) in [4.78, 5) is 4.14. The zero-order valence-corrected chi connectivity index (χ0v) is 7.45. The van der Waals surface area contributed by atoms with Crippen LogP contribution in [0.3, 0.4) is 0 Å². The van der Waals surface area contributed by atoms with Crippen LogP contribution in [0, 0.1) is 35.0 Å². The van der Waals surface area contributed by atoms with Crippen LogP contribution in [0.2, 0.25) is 0 Å². The molecule has 13 heavy (non-hydrogen) atoms. The van der Waals surface area contributed by atoms with E-state index in [0.29, 0.717) is 32.2 Å². The van der Waals surface area contributed by atoms with Crippen molar-refractivity contribution < 1.29 is 0 Å². The van der Waals surface area contributed by atoms with Crippen LogP contribution in [0.25, 0.3) is 0 Å². The quantitative estimate of drug-likeness (QED) is 0.360. The monoisotopic (exact) mass is 173 g/mol. The Morgan fingerprint density at radius 3 is 2.54 bits per heavy atom. The van der Waals surface area contributed by atoms with Gasteiger partial charge in [-0.05, 0) is 6.42 Å². The summed E-state index contributed by atoms with van der Waals surface area (Å²) in [5, 5.41) is 16.8. The Morgan fingerprint density at radius 1 is 1.23 bits per heavy atom. The molecule has 0 N–H and O–H groups in total. The zero-order chi connectivity index (χ0) is 9.94. The molecule has 0 atom stereocenters. The molecule has 0 spiro atoms. The fourth-order valence-electron chi connectivity index (χ4n) is 0.793. The summed E-state index contributed by atoms with van der Waals surface area (Å²) >= 11 is 0. The highest BCUT2D eigenvalue weighted by molar-refractivity contribution is 5.86. The van der Waals surface area contributed by atoms with Gasteiger partial charge in [0.25, 0.3) is 0 Å². The Bertz CT molecular complexity index is 283. The first-order valence-electron chi connectivity index (χ1n) is 4.04. The average molecular weight is 173 g/mol. The summed E-state index contributed by atoms with van der Waals surface area (Å²) in [6.07, 6.45) is 6.93. The van der Waals surface area contributed by atoms with E-state index < -0.39 is 0 Å². The highest BCUT2D eigenvalue weighted by Crippen LogP contribution is 1.97. The van der Waals surface area contributed by atoms with E-state index in [0.717, 1.165) is 5.71 Å². The third-order valence-electron chi connectivity index (χ3n) is 1.40. The van der Waals surface area contributed by atoms with Crippen molar-refractivity contribution >= 4 is 5.71 Å². The zero-order valence-electron chi connectivity index (χ0n) is 7.45. The largest absolute Gasteiger partial charge is 0.292 e. The fraction of sp³-hybridized carbons (Fsp3) is 0.500. The predicted molar refractivity (Wildman–Crippen MR) is 50.8 cm³/mol. The molecule has 3 heteroatoms. The molecule has 0 rings (SSSR count). The van der Waals surface area contributed by atoms with Crippen LogP contribution in [0.5, 0.6) is 0 Å². The number of rotatable bonds is 5. The summed E-state index contributed by atoms with van der Waals surface area (Å²) in [5.41, 5.74) is 0.777. The summed E-state index contributed by atoms with van der Waals surface area (Å²) in [6, 6.07) is 4.03. The van der Waals surface area contributed by atoms with Crippen molar-refractivity contribution in [1.82, 2.24) is 0 Å². The molecule has 0 aliphatic carbocycles. The second-order valence-electron chi connectivity index (χ2n) is 2.40. The summed E-state index contributed by atoms with van der Waals surface area (Å²) in [7, 11) is 0. The van der Waals surface area contributed by atoms with Crippen molar-refractivity contribution in [3.8, 4) is 24.5 Å². The second kappa shape index (κ2) is 8.31. The van der Waals surface area contributed by atoms with Gasteiger partial charge in [-0.1, -0.05) is 0 Å². The van der Waals surface area contributed by atoms with Crippen molar-refractivity contribution in [2.45, 2.75) is 25.7 Å². The van der Waals surface area contributed by atoms with Gasteiger partial charge in [-0.3, -0.25) is 4.99 Å². The molecule has 0 aromatic rings. The van der Waals surface area contributed by atoms with Crippen molar-refractivity contribution in [1.29, 1.82) is 10.5 Å². The van der Waals surface area contributed by atoms with Gasteiger partial charge in [0.1, 0.15) is 0 Å². The van der Waals surface area contributed by atoms with Gasteiger partial charge in [0.2, 0.25) is 0 Å². The van der Waals surface area contributed by atoms with E-state index in [9.17, 15) is 0 Å². The lowest BCUT2D eigenvalue weighted by molar-refractivity contribution is 0.987. The topological polar surface area (TPSA) is 59.9 Å². The van der Waals surface area contributed by atoms with Gasteiger partial charge < -0.3 is 0 Å². The molecule has 0 aliphatic rings. The van der Waals surface area contributed by atoms with E-state index in [-0.39, 0.29) is 0 Å². The molecule has 0 aromatic carbocycles. The highest BCUT2D eigenvalue weighted by atomic mass is 14.7. The molecule has 0 saturated carbocycles. The molecular weight excluding hydrogens is 162 g/mol. The first kappa shape index (κ1) is 11.2. The smallest absolute Gasteiger partial charge is 0.0731 e. The minimum atomic E-state index is 0.298. The number of nitriles is 2. The lowest BCUT2D eigenvalue weighted by Gasteiger charge is -1.97. The maximum absolute atomic E-state index is 8.44. The number of hydrogen-bond donors (Lipinski definition) is 0. The van der Waals surface area contributed by atoms with Gasteiger partial charge in [0, 0.05) is 25.1 Å². The highest BCUT2D eigenvalue weighted by Gasteiger charge is 1.97. The number of nitrogens with zero attached hydrogens (tertiary/aromatic N) is 3. The molecule has 0 amide bonds. The summed E-state index contributed by atoms with van der Waals surface area (Å²) < 4.78 is 0. The maximum Gasteiger partial charge on any atom is 0.0731 e. The van der Waals surface area contributed by atoms with Crippen molar-refractivity contribution in [3.05, 3.63) is 0 Å². The van der Waals surface area contributed by atoms with E-state index in [4.69, 9.17) is 16.9 Å². The molecular formula is C10H11N3. The molecule has 0 radical (unpaired) electrons. The third kappa shape index (κ3) is 6.60. The average Bonchev–Trinajstić information content (AvgIpc) is 2.14. The van der Waals surface area contributed by atoms with Crippen LogP contribution in [0.15, 0.2) is 4.99 Å². The number of hydrogen-bond acceptors (Lipinski definition) is 3. The summed E-state index contributed by atoms with van der Waals surface area (Å²) in [6.45, 7) is 0.555. The van der Waals surface area contributed by atoms with Gasteiger partial charge in [0.05, 0.1) is 18.6 Å². The lowest BCUT2D eigenvalue weighted by Crippen LogP contribution is -1.98. The molecule has 0 saturated heterocycles. The van der Waals surface area contributed by atoms with Crippen LogP contribution in [0.4, 0.5) is 0 Å². The summed E-state index contributed by atoms with van der Waals surface area (Å²) in [5.74, 6) is 2.47. The van der Waals surface area contributed by atoms with Gasteiger partial charge in [-0.15, -0.1) is 12.3 Å². The van der Waals surface area contributed by atoms with Gasteiger partial charge in [-0.25, -0.2) is 0 Å². The van der Waals surface area contributed by atoms with E-state index >= 15 is 0 Å². The molecule has 0 fully saturated rings. The molecule has 0 bridgehead atoms. The van der Waals surface area contributed by atoms with Crippen molar-refractivity contribution in [2.24, 2.45) is 4.99 Å². The fourth-order valence-corrected chi connectivity index (χ4v) is 0.793. The van der Waals surface area contributed by atoms with E-state index in [1.807, 2.05) is 12.1 Å². The maximum atomic E-state index is 8.44. The van der Waals surface area contributed by atoms with Crippen LogP contribution in [0.1, 0.15) is 25.7 Å². The van der Waals surface area contributed by atoms with Crippen LogP contribution in [-0.2, 0) is 0 Å². The van der Waals surface area contributed by atoms with E-state index in [1.54, 1.807) is 0 Å².